The summed E-state index contributed by atoms with van der Waals surface area (Å²) in [6.45, 7) is 0. The molecule has 0 aliphatic heterocycles. The molecule has 1 fully saturated rings. The molecule has 2 nitrogen and oxygen atoms in total. The minimum Gasteiger partial charge on any atom is -0.322 e. The topological polar surface area (TPSA) is 29.1 Å². The van der Waals surface area contributed by atoms with Crippen molar-refractivity contribution in [3.8, 4) is 0 Å². The van der Waals surface area contributed by atoms with Gasteiger partial charge in [-0.1, -0.05) is 0 Å². The maximum Gasteiger partial charge on any atom is 0.416 e. The number of alkyl halides is 14. The van der Waals surface area contributed by atoms with Crippen LogP contribution in [0.25, 0.3) is 0 Å². The van der Waals surface area contributed by atoms with Gasteiger partial charge in [0, 0.05) is 4.47 Å². The molecule has 0 spiro atoms. The smallest absolute Gasteiger partial charge is 0.322 e. The van der Waals surface area contributed by atoms with Crippen LogP contribution in [0.5, 0.6) is 0 Å². The van der Waals surface area contributed by atoms with Crippen LogP contribution >= 0.6 is 15.9 Å². The highest BCUT2D eigenvalue weighted by molar-refractivity contribution is 9.10. The highest BCUT2D eigenvalue weighted by atomic mass is 79.9. The first-order valence-corrected chi connectivity index (χ1v) is 8.07. The number of carbonyl (C=O) groups is 1. The lowest BCUT2D eigenvalue weighted by Crippen LogP contribution is -2.86. The van der Waals surface area contributed by atoms with E-state index in [0.717, 1.165) is 0 Å². The third-order valence-electron chi connectivity index (χ3n) is 4.30. The molecule has 0 unspecified atom stereocenters. The quantitative estimate of drug-likeness (QED) is 0.432. The summed E-state index contributed by atoms with van der Waals surface area (Å²) in [4.78, 5) is 11.7. The number of anilines is 1. The Kier molecular flexibility index (Phi) is 5.42. The summed E-state index contributed by atoms with van der Waals surface area (Å²) >= 11 is 2.30. The van der Waals surface area contributed by atoms with Crippen molar-refractivity contribution in [1.82, 2.24) is 0 Å². The van der Waals surface area contributed by atoms with Crippen molar-refractivity contribution in [2.45, 2.75) is 41.5 Å². The Balaban J connectivity index is 2.63. The maximum absolute atomic E-state index is 14.5. The summed E-state index contributed by atoms with van der Waals surface area (Å²) in [5.74, 6) is -40.9. The largest absolute Gasteiger partial charge is 0.416 e. The van der Waals surface area contributed by atoms with Gasteiger partial charge < -0.3 is 5.32 Å². The van der Waals surface area contributed by atoms with E-state index in [1.54, 1.807) is 0 Å². The molecule has 0 heterocycles. The second-order valence-corrected chi connectivity index (χ2v) is 7.03. The van der Waals surface area contributed by atoms with E-state index in [2.05, 4.69) is 15.9 Å². The van der Waals surface area contributed by atoms with Crippen LogP contribution in [0.1, 0.15) is 5.56 Å². The Morgan fingerprint density at radius 3 is 1.48 bits per heavy atom. The summed E-state index contributed by atoms with van der Waals surface area (Å²) in [6.07, 6.45) is -5.04. The third-order valence-corrected chi connectivity index (χ3v) is 4.96. The summed E-state index contributed by atoms with van der Waals surface area (Å²) in [7, 11) is 0. The average molecular weight is 548 g/mol. The van der Waals surface area contributed by atoms with Gasteiger partial charge in [-0.25, -0.2) is 4.39 Å². The number of amides is 1. The number of rotatable bonds is 2. The van der Waals surface area contributed by atoms with Crippen molar-refractivity contribution in [2.24, 2.45) is 0 Å². The Labute approximate surface area is 169 Å². The predicted octanol–water partition coefficient (Wildman–Crippen LogP) is 6.30. The van der Waals surface area contributed by atoms with E-state index in [0.29, 0.717) is 5.32 Å². The molecule has 0 bridgehead atoms. The molecule has 0 saturated heterocycles. The number of halogens is 15. The fraction of sp³-hybridized carbons (Fsp3) is 0.500. The Bertz CT molecular complexity index is 879. The average Bonchev–Trinajstić information content (AvgIpc) is 2.59. The van der Waals surface area contributed by atoms with Crippen LogP contribution in [0.15, 0.2) is 22.7 Å². The van der Waals surface area contributed by atoms with Crippen molar-refractivity contribution >= 4 is 27.5 Å². The SMILES string of the molecule is O=C(Nc1ccc(C(F)(F)F)cc1Br)C1(F)C(F)(F)C(F)(F)C(F)(F)C(F)(F)C1(F)F. The summed E-state index contributed by atoms with van der Waals surface area (Å²) in [5, 5.41) is 0.714. The normalized spacial score (nSPS) is 25.0. The van der Waals surface area contributed by atoms with E-state index in [9.17, 15) is 66.3 Å². The molecule has 1 aromatic rings. The standard InChI is InChI=1S/C14H4BrF14NO/c15-5-3-4(9(17,18)19)1-2-6(5)30-7(31)8(16)10(20,21)12(24,25)14(28,29)13(26,27)11(8,22)23/h1-3H,(H,30,31). The molecule has 0 radical (unpaired) electrons. The second-order valence-electron chi connectivity index (χ2n) is 6.18. The van der Waals surface area contributed by atoms with Crippen LogP contribution in [-0.2, 0) is 11.0 Å². The zero-order valence-electron chi connectivity index (χ0n) is 13.8. The lowest BCUT2D eigenvalue weighted by molar-refractivity contribution is -0.475. The van der Waals surface area contributed by atoms with Crippen LogP contribution in [0.3, 0.4) is 0 Å². The Hall–Kier alpha value is -1.81. The Morgan fingerprint density at radius 1 is 0.742 bits per heavy atom. The molecule has 176 valence electrons. The van der Waals surface area contributed by atoms with E-state index < -0.39 is 63.1 Å². The van der Waals surface area contributed by atoms with Gasteiger partial charge >= 0.3 is 41.5 Å². The highest BCUT2D eigenvalue weighted by Crippen LogP contribution is 2.69. The van der Waals surface area contributed by atoms with Crippen LogP contribution in [0.2, 0.25) is 0 Å². The van der Waals surface area contributed by atoms with Crippen LogP contribution in [0, 0.1) is 0 Å². The van der Waals surface area contributed by atoms with Crippen molar-refractivity contribution in [3.63, 3.8) is 0 Å². The predicted molar refractivity (Wildman–Crippen MR) is 76.3 cm³/mol. The van der Waals surface area contributed by atoms with Crippen molar-refractivity contribution < 1.29 is 66.3 Å². The van der Waals surface area contributed by atoms with Gasteiger partial charge in [0.05, 0.1) is 11.3 Å². The van der Waals surface area contributed by atoms with Gasteiger partial charge in [-0.3, -0.25) is 4.79 Å². The molecule has 1 N–H and O–H groups in total. The number of nitrogens with one attached hydrogen (secondary N) is 1. The molecule has 1 aliphatic rings. The van der Waals surface area contributed by atoms with Gasteiger partial charge in [-0.05, 0) is 34.1 Å². The first-order valence-electron chi connectivity index (χ1n) is 7.28. The van der Waals surface area contributed by atoms with Gasteiger partial charge in [-0.2, -0.15) is 57.1 Å². The van der Waals surface area contributed by atoms with Crippen molar-refractivity contribution in [1.29, 1.82) is 0 Å². The van der Waals surface area contributed by atoms with Crippen LogP contribution in [-0.4, -0.2) is 41.2 Å². The monoisotopic (exact) mass is 547 g/mol. The Morgan fingerprint density at radius 2 is 1.13 bits per heavy atom. The second kappa shape index (κ2) is 6.60. The fourth-order valence-corrected chi connectivity index (χ4v) is 2.99. The minimum atomic E-state index is -7.50. The zero-order valence-corrected chi connectivity index (χ0v) is 15.4. The minimum absolute atomic E-state index is 0.0831. The van der Waals surface area contributed by atoms with Gasteiger partial charge in [0.25, 0.3) is 5.91 Å². The molecular formula is C14H4BrF14NO. The zero-order chi connectivity index (χ0) is 24.6. The van der Waals surface area contributed by atoms with E-state index in [-0.39, 0.29) is 18.2 Å². The fourth-order valence-electron chi connectivity index (χ4n) is 2.51. The summed E-state index contributed by atoms with van der Waals surface area (Å²) < 4.78 is 186. The third kappa shape index (κ3) is 2.93. The molecule has 2 rings (SSSR count). The van der Waals surface area contributed by atoms with Gasteiger partial charge in [0.15, 0.2) is 0 Å². The molecule has 1 aromatic carbocycles. The van der Waals surface area contributed by atoms with Crippen LogP contribution < -0.4 is 5.32 Å². The number of hydrogen-bond acceptors (Lipinski definition) is 1. The van der Waals surface area contributed by atoms with Crippen molar-refractivity contribution in [2.75, 3.05) is 5.32 Å². The van der Waals surface area contributed by atoms with Gasteiger partial charge in [0.2, 0.25) is 0 Å². The van der Waals surface area contributed by atoms with E-state index >= 15 is 0 Å². The van der Waals surface area contributed by atoms with E-state index in [4.69, 9.17) is 0 Å². The lowest BCUT2D eigenvalue weighted by Gasteiger charge is -2.51. The number of benzene rings is 1. The van der Waals surface area contributed by atoms with Gasteiger partial charge in [0.1, 0.15) is 0 Å². The first-order chi connectivity index (χ1) is 13.5. The highest BCUT2D eigenvalue weighted by Gasteiger charge is 3.02. The number of carbonyl (C=O) groups excluding carboxylic acids is 1. The van der Waals surface area contributed by atoms with E-state index in [1.165, 1.54) is 0 Å². The molecule has 1 aliphatic carbocycles. The van der Waals surface area contributed by atoms with Gasteiger partial charge in [-0.15, -0.1) is 0 Å². The molecule has 31 heavy (non-hydrogen) atoms. The molecule has 0 atom stereocenters. The summed E-state index contributed by atoms with van der Waals surface area (Å²) in [5.41, 5.74) is -9.69. The molecule has 0 aromatic heterocycles. The van der Waals surface area contributed by atoms with Crippen molar-refractivity contribution in [3.05, 3.63) is 28.2 Å². The van der Waals surface area contributed by atoms with Crippen LogP contribution in [0.4, 0.5) is 67.2 Å². The molecule has 17 heteroatoms. The molecule has 1 amide bonds. The maximum atomic E-state index is 14.5. The molecule has 1 saturated carbocycles. The summed E-state index contributed by atoms with van der Waals surface area (Å²) in [6, 6.07) is 0.312. The molecular weight excluding hydrogens is 544 g/mol. The lowest BCUT2D eigenvalue weighted by atomic mass is 9.71. The number of hydrogen-bond donors (Lipinski definition) is 1. The van der Waals surface area contributed by atoms with E-state index in [1.807, 2.05) is 0 Å². The first kappa shape index (κ1) is 25.5.